The monoisotopic (exact) mass is 484 g/mol. The van der Waals surface area contributed by atoms with Crippen LogP contribution in [0.4, 0.5) is 5.95 Å². The lowest BCUT2D eigenvalue weighted by Gasteiger charge is -2.35. The van der Waals surface area contributed by atoms with Gasteiger partial charge in [0.25, 0.3) is 5.56 Å². The van der Waals surface area contributed by atoms with Crippen molar-refractivity contribution in [1.29, 1.82) is 5.26 Å². The van der Waals surface area contributed by atoms with Crippen molar-refractivity contribution in [2.45, 2.75) is 70.7 Å². The largest absolute Gasteiger partial charge is 0.387 e. The number of nitrogens with one attached hydrogen (secondary N) is 1. The minimum Gasteiger partial charge on any atom is -0.387 e. The van der Waals surface area contributed by atoms with Crippen LogP contribution in [0.25, 0.3) is 11.2 Å². The first kappa shape index (κ1) is 25.5. The first-order valence-corrected chi connectivity index (χ1v) is 12.4. The topological polar surface area (TPSA) is 196 Å². The molecule has 0 saturated carbocycles. The predicted molar refractivity (Wildman–Crippen MR) is 121 cm³/mol. The molecule has 14 heteroatoms. The number of hydrogen-bond acceptors (Lipinski definition) is 11. The number of nitrogens with two attached hydrogens (primary N) is 1. The van der Waals surface area contributed by atoms with Gasteiger partial charge in [-0.1, -0.05) is 0 Å². The fourth-order valence-corrected chi connectivity index (χ4v) is 6.89. The SMILES string of the molecule is CC(C)N(C(C)C)[P+](O)(CCC#N)OC[C@H]1O[C@@H](n2cnc3c(=O)[nH]c(N)nc32)[C@H](O)[C@@H]1O. The number of aromatic nitrogens is 4. The third-order valence-electron chi connectivity index (χ3n) is 5.44. The lowest BCUT2D eigenvalue weighted by atomic mass is 10.1. The van der Waals surface area contributed by atoms with Gasteiger partial charge in [-0.05, 0) is 27.7 Å². The Morgan fingerprint density at radius 3 is 2.64 bits per heavy atom. The lowest BCUT2D eigenvalue weighted by molar-refractivity contribution is -0.0495. The summed E-state index contributed by atoms with van der Waals surface area (Å²) in [5.41, 5.74) is 5.18. The number of ether oxygens (including phenoxy) is 1. The Balaban J connectivity index is 1.82. The summed E-state index contributed by atoms with van der Waals surface area (Å²) in [4.78, 5) is 33.8. The van der Waals surface area contributed by atoms with E-state index in [0.717, 1.165) is 0 Å². The normalized spacial score (nSPS) is 25.2. The number of anilines is 1. The summed E-state index contributed by atoms with van der Waals surface area (Å²) in [6, 6.07) is 1.93. The number of aliphatic hydroxyl groups excluding tert-OH is 2. The van der Waals surface area contributed by atoms with Crippen molar-refractivity contribution in [3.63, 3.8) is 0 Å². The maximum absolute atomic E-state index is 12.0. The molecule has 2 aromatic heterocycles. The Hall–Kier alpha value is -2.17. The molecule has 33 heavy (non-hydrogen) atoms. The molecule has 5 atom stereocenters. The summed E-state index contributed by atoms with van der Waals surface area (Å²) in [7, 11) is -3.19. The fraction of sp³-hybridized carbons (Fsp3) is 0.684. The molecule has 0 aliphatic carbocycles. The number of nitrogens with zero attached hydrogens (tertiary/aromatic N) is 5. The Bertz CT molecular complexity index is 1060. The average Bonchev–Trinajstić information content (AvgIpc) is 3.26. The van der Waals surface area contributed by atoms with Gasteiger partial charge < -0.3 is 20.7 Å². The molecule has 0 radical (unpaired) electrons. The molecule has 6 N–H and O–H groups in total. The zero-order valence-corrected chi connectivity index (χ0v) is 19.9. The van der Waals surface area contributed by atoms with Crippen LogP contribution in [0, 0.1) is 11.3 Å². The van der Waals surface area contributed by atoms with E-state index >= 15 is 0 Å². The first-order chi connectivity index (χ1) is 15.5. The molecule has 1 unspecified atom stereocenters. The number of nitrogen functional groups attached to an aromatic ring is 1. The summed E-state index contributed by atoms with van der Waals surface area (Å²) >= 11 is 0. The molecular weight excluding hydrogens is 453 g/mol. The second-order valence-corrected chi connectivity index (χ2v) is 11.0. The number of imidazole rings is 1. The molecule has 1 aliphatic heterocycles. The van der Waals surface area contributed by atoms with Gasteiger partial charge in [0.05, 0.1) is 18.8 Å². The maximum atomic E-state index is 12.0. The van der Waals surface area contributed by atoms with Gasteiger partial charge in [0.1, 0.15) is 31.1 Å². The van der Waals surface area contributed by atoms with Crippen LogP contribution in [0.5, 0.6) is 0 Å². The molecule has 0 spiro atoms. The van der Waals surface area contributed by atoms with Gasteiger partial charge in [0.15, 0.2) is 17.4 Å². The Labute approximate surface area is 191 Å². The number of hydrogen-bond donors (Lipinski definition) is 5. The van der Waals surface area contributed by atoms with Crippen molar-refractivity contribution in [2.75, 3.05) is 18.5 Å². The molecule has 3 rings (SSSR count). The molecule has 182 valence electrons. The molecule has 1 aliphatic rings. The van der Waals surface area contributed by atoms with E-state index in [1.54, 1.807) is 0 Å². The second kappa shape index (κ2) is 9.99. The summed E-state index contributed by atoms with van der Waals surface area (Å²) < 4.78 is 14.9. The molecule has 2 aromatic rings. The third-order valence-corrected chi connectivity index (χ3v) is 8.46. The van der Waals surface area contributed by atoms with Crippen LogP contribution in [-0.2, 0) is 9.26 Å². The van der Waals surface area contributed by atoms with E-state index in [9.17, 15) is 19.9 Å². The zero-order chi connectivity index (χ0) is 24.5. The van der Waals surface area contributed by atoms with Crippen molar-refractivity contribution in [3.8, 4) is 6.07 Å². The Morgan fingerprint density at radius 1 is 1.36 bits per heavy atom. The summed E-state index contributed by atoms with van der Waals surface area (Å²) in [6.07, 6.45) is -3.32. The van der Waals surface area contributed by atoms with Crippen molar-refractivity contribution in [1.82, 2.24) is 24.2 Å². The van der Waals surface area contributed by atoms with Gasteiger partial charge in [-0.2, -0.15) is 14.8 Å². The van der Waals surface area contributed by atoms with Crippen LogP contribution >= 0.6 is 7.87 Å². The quantitative estimate of drug-likeness (QED) is 0.303. The average molecular weight is 484 g/mol. The van der Waals surface area contributed by atoms with E-state index < -0.39 is 38.0 Å². The first-order valence-electron chi connectivity index (χ1n) is 10.6. The van der Waals surface area contributed by atoms with Crippen molar-refractivity contribution < 1.29 is 24.4 Å². The van der Waals surface area contributed by atoms with Gasteiger partial charge >= 0.3 is 7.87 Å². The number of nitriles is 1. The van der Waals surface area contributed by atoms with E-state index in [1.807, 2.05) is 38.4 Å². The molecule has 13 nitrogen and oxygen atoms in total. The summed E-state index contributed by atoms with van der Waals surface area (Å²) in [6.45, 7) is 7.47. The summed E-state index contributed by atoms with van der Waals surface area (Å²) in [5.74, 6) is -0.128. The van der Waals surface area contributed by atoms with Crippen LogP contribution in [0.1, 0.15) is 40.3 Å². The number of aliphatic hydroxyl groups is 2. The number of fused-ring (bicyclic) bond motifs is 1. The molecule has 1 fully saturated rings. The highest BCUT2D eigenvalue weighted by Crippen LogP contribution is 2.61. The van der Waals surface area contributed by atoms with Crippen LogP contribution < -0.4 is 11.3 Å². The van der Waals surface area contributed by atoms with E-state index in [4.69, 9.17) is 20.3 Å². The smallest absolute Gasteiger partial charge is 0.346 e. The van der Waals surface area contributed by atoms with Gasteiger partial charge in [-0.3, -0.25) is 14.3 Å². The van der Waals surface area contributed by atoms with Gasteiger partial charge in [0.2, 0.25) is 5.95 Å². The third kappa shape index (κ3) is 5.02. The van der Waals surface area contributed by atoms with Crippen molar-refractivity contribution in [2.24, 2.45) is 0 Å². The number of aromatic amines is 1. The second-order valence-electron chi connectivity index (χ2n) is 8.48. The molecule has 3 heterocycles. The molecule has 0 bridgehead atoms. The lowest BCUT2D eigenvalue weighted by Crippen LogP contribution is -2.40. The van der Waals surface area contributed by atoms with E-state index in [1.165, 1.54) is 10.9 Å². The van der Waals surface area contributed by atoms with Gasteiger partial charge in [-0.25, -0.2) is 9.88 Å². The standard InChI is InChI=1S/C19H30N7O6P/c1-10(2)26(11(3)4)33(30,7-5-6-20)31-8-12-14(27)15(28)18(32-12)25-9-22-13-16(25)23-19(21)24-17(13)29/h9-12,14-15,18,27-28,30H,5,7-8H2,1-4H3,(H2-,21,23,24,29)/p+1/t12-,14-,15-,18-,33?/m1/s1. The minimum absolute atomic E-state index is 0.00972. The Kier molecular flexibility index (Phi) is 7.70. The van der Waals surface area contributed by atoms with E-state index in [2.05, 4.69) is 15.0 Å². The molecular formula is C19H31N7O6P+. The highest BCUT2D eigenvalue weighted by molar-refractivity contribution is 7.63. The molecule has 1 saturated heterocycles. The fourth-order valence-electron chi connectivity index (χ4n) is 4.18. The highest BCUT2D eigenvalue weighted by Gasteiger charge is 2.51. The van der Waals surface area contributed by atoms with Crippen LogP contribution in [0.15, 0.2) is 11.1 Å². The van der Waals surface area contributed by atoms with Crippen molar-refractivity contribution in [3.05, 3.63) is 16.7 Å². The predicted octanol–water partition coefficient (Wildman–Crippen LogP) is 0.125. The van der Waals surface area contributed by atoms with Crippen LogP contribution in [-0.4, -0.2) is 82.5 Å². The Morgan fingerprint density at radius 2 is 2.03 bits per heavy atom. The number of H-pyrrole nitrogens is 1. The van der Waals surface area contributed by atoms with E-state index in [0.29, 0.717) is 0 Å². The van der Waals surface area contributed by atoms with Crippen LogP contribution in [0.3, 0.4) is 0 Å². The molecule has 0 amide bonds. The van der Waals surface area contributed by atoms with Gasteiger partial charge in [-0.15, -0.1) is 4.67 Å². The zero-order valence-electron chi connectivity index (χ0n) is 19.0. The minimum atomic E-state index is -3.19. The van der Waals surface area contributed by atoms with E-state index in [-0.39, 0.29) is 48.4 Å². The highest BCUT2D eigenvalue weighted by atomic mass is 31.2. The molecule has 0 aromatic carbocycles. The van der Waals surface area contributed by atoms with Crippen LogP contribution in [0.2, 0.25) is 0 Å². The summed E-state index contributed by atoms with van der Waals surface area (Å²) in [5, 5.41) is 30.3. The number of rotatable bonds is 9. The maximum Gasteiger partial charge on any atom is 0.346 e. The van der Waals surface area contributed by atoms with Gasteiger partial charge in [0, 0.05) is 12.1 Å². The van der Waals surface area contributed by atoms with Crippen molar-refractivity contribution >= 4 is 25.0 Å².